The average molecular weight is 500 g/mol. The molecule has 1 amide bonds. The molecule has 0 N–H and O–H groups in total. The van der Waals surface area contributed by atoms with Crippen molar-refractivity contribution in [2.24, 2.45) is 5.92 Å². The molecule has 1 aliphatic carbocycles. The molecule has 1 heterocycles. The second-order valence-corrected chi connectivity index (χ2v) is 10.5. The summed E-state index contributed by atoms with van der Waals surface area (Å²) in [5, 5.41) is 0. The molecule has 196 valence electrons. The van der Waals surface area contributed by atoms with Gasteiger partial charge in [-0.2, -0.15) is 0 Å². The van der Waals surface area contributed by atoms with Gasteiger partial charge in [-0.1, -0.05) is 25.0 Å². The first-order valence-electron chi connectivity index (χ1n) is 12.9. The summed E-state index contributed by atoms with van der Waals surface area (Å²) in [7, 11) is 3.16. The number of hydrogen-bond acceptors (Lipinski definition) is 5. The highest BCUT2D eigenvalue weighted by Crippen LogP contribution is 2.40. The van der Waals surface area contributed by atoms with Crippen LogP contribution < -0.4 is 14.2 Å². The lowest BCUT2D eigenvalue weighted by Gasteiger charge is -2.39. The van der Waals surface area contributed by atoms with Crippen molar-refractivity contribution < 1.29 is 28.1 Å². The summed E-state index contributed by atoms with van der Waals surface area (Å²) < 4.78 is 36.8. The molecule has 7 heteroatoms. The normalized spacial score (nSPS) is 19.6. The van der Waals surface area contributed by atoms with E-state index in [9.17, 15) is 9.18 Å². The van der Waals surface area contributed by atoms with Crippen LogP contribution in [0.15, 0.2) is 36.4 Å². The lowest BCUT2D eigenvalue weighted by molar-refractivity contribution is -0.148. The number of ether oxygens (including phenoxy) is 4. The van der Waals surface area contributed by atoms with E-state index < -0.39 is 0 Å². The largest absolute Gasteiger partial charge is 0.493 e. The molecule has 0 radical (unpaired) electrons. The molecule has 0 unspecified atom stereocenters. The van der Waals surface area contributed by atoms with Gasteiger partial charge < -0.3 is 23.8 Å². The molecule has 4 rings (SSSR count). The summed E-state index contributed by atoms with van der Waals surface area (Å²) in [4.78, 5) is 15.9. The minimum atomic E-state index is -0.310. The number of benzene rings is 2. The maximum atomic E-state index is 13.8. The van der Waals surface area contributed by atoms with Crippen LogP contribution in [-0.2, 0) is 22.7 Å². The van der Waals surface area contributed by atoms with Crippen molar-refractivity contribution in [3.63, 3.8) is 0 Å². The van der Waals surface area contributed by atoms with Gasteiger partial charge in [0.05, 0.1) is 19.8 Å². The first kappa shape index (κ1) is 26.3. The average Bonchev–Trinajstić information content (AvgIpc) is 3.39. The third-order valence-corrected chi connectivity index (χ3v) is 7.24. The second kappa shape index (κ2) is 11.5. The first-order chi connectivity index (χ1) is 17.3. The van der Waals surface area contributed by atoms with Crippen LogP contribution in [0.4, 0.5) is 4.39 Å². The lowest BCUT2D eigenvalue weighted by Crippen LogP contribution is -2.46. The van der Waals surface area contributed by atoms with Crippen molar-refractivity contribution >= 4 is 5.91 Å². The van der Waals surface area contributed by atoms with Gasteiger partial charge >= 0.3 is 0 Å². The van der Waals surface area contributed by atoms with Crippen LogP contribution >= 0.6 is 0 Å². The zero-order valence-electron chi connectivity index (χ0n) is 21.8. The van der Waals surface area contributed by atoms with Gasteiger partial charge in [0.15, 0.2) is 11.5 Å². The fraction of sp³-hybridized carbons (Fsp3) is 0.552. The van der Waals surface area contributed by atoms with Gasteiger partial charge in [-0.05, 0) is 74.9 Å². The number of methoxy groups -OCH3 is 2. The Morgan fingerprint density at radius 2 is 1.75 bits per heavy atom. The highest BCUT2D eigenvalue weighted by atomic mass is 19.1. The number of amides is 1. The Hall–Kier alpha value is -2.80. The number of nitrogens with zero attached hydrogens (tertiary/aromatic N) is 1. The zero-order chi connectivity index (χ0) is 25.7. The molecule has 1 saturated heterocycles. The van der Waals surface area contributed by atoms with Gasteiger partial charge in [-0.25, -0.2) is 4.39 Å². The zero-order valence-corrected chi connectivity index (χ0v) is 21.8. The van der Waals surface area contributed by atoms with E-state index in [1.807, 2.05) is 12.1 Å². The van der Waals surface area contributed by atoms with Crippen molar-refractivity contribution in [2.75, 3.05) is 20.8 Å². The van der Waals surface area contributed by atoms with E-state index in [-0.39, 0.29) is 35.9 Å². The molecule has 0 bridgehead atoms. The SMILES string of the molecule is COc1cc(CN(C(=O)[C@H]2CCOC(C)(C)C2)C2CCCC2)cc(OC)c1OCc1cccc(F)c1. The molecular weight excluding hydrogens is 461 g/mol. The molecule has 2 aromatic carbocycles. The fourth-order valence-electron chi connectivity index (χ4n) is 5.43. The molecule has 1 atom stereocenters. The topological polar surface area (TPSA) is 57.2 Å². The molecule has 1 aliphatic heterocycles. The van der Waals surface area contributed by atoms with Gasteiger partial charge in [0.2, 0.25) is 11.7 Å². The number of rotatable bonds is 9. The first-order valence-corrected chi connectivity index (χ1v) is 12.9. The molecule has 0 aromatic heterocycles. The van der Waals surface area contributed by atoms with Crippen molar-refractivity contribution in [3.8, 4) is 17.2 Å². The van der Waals surface area contributed by atoms with E-state index in [2.05, 4.69) is 18.7 Å². The van der Waals surface area contributed by atoms with Crippen LogP contribution in [0.1, 0.15) is 63.5 Å². The third kappa shape index (κ3) is 6.30. The van der Waals surface area contributed by atoms with E-state index in [0.29, 0.717) is 36.0 Å². The Morgan fingerprint density at radius 1 is 1.06 bits per heavy atom. The van der Waals surface area contributed by atoms with Gasteiger partial charge in [0, 0.05) is 25.1 Å². The Bertz CT molecular complexity index is 1020. The van der Waals surface area contributed by atoms with Crippen molar-refractivity contribution in [1.82, 2.24) is 4.90 Å². The van der Waals surface area contributed by atoms with Crippen LogP contribution in [0.5, 0.6) is 17.2 Å². The smallest absolute Gasteiger partial charge is 0.226 e. The molecule has 6 nitrogen and oxygen atoms in total. The van der Waals surface area contributed by atoms with Gasteiger partial charge in [0.1, 0.15) is 12.4 Å². The van der Waals surface area contributed by atoms with Gasteiger partial charge in [0.25, 0.3) is 0 Å². The summed E-state index contributed by atoms with van der Waals surface area (Å²) in [6.07, 6.45) is 5.84. The minimum absolute atomic E-state index is 0.0352. The number of hydrogen-bond donors (Lipinski definition) is 0. The highest BCUT2D eigenvalue weighted by Gasteiger charge is 2.37. The fourth-order valence-corrected chi connectivity index (χ4v) is 5.43. The molecule has 2 fully saturated rings. The predicted octanol–water partition coefficient (Wildman–Crippen LogP) is 5.90. The van der Waals surface area contributed by atoms with Crippen LogP contribution in [0.2, 0.25) is 0 Å². The Morgan fingerprint density at radius 3 is 2.36 bits per heavy atom. The quantitative estimate of drug-likeness (QED) is 0.430. The number of halogens is 1. The Kier molecular flexibility index (Phi) is 8.39. The van der Waals surface area contributed by atoms with E-state index in [0.717, 1.165) is 44.1 Å². The van der Waals surface area contributed by atoms with E-state index >= 15 is 0 Å². The predicted molar refractivity (Wildman–Crippen MR) is 136 cm³/mol. The maximum absolute atomic E-state index is 13.8. The number of carbonyl (C=O) groups excluding carboxylic acids is 1. The summed E-state index contributed by atoms with van der Waals surface area (Å²) in [6, 6.07) is 10.4. The molecular formula is C29H38FNO5. The van der Waals surface area contributed by atoms with E-state index in [4.69, 9.17) is 18.9 Å². The number of carbonyl (C=O) groups is 1. The molecule has 1 saturated carbocycles. The van der Waals surface area contributed by atoms with Crippen molar-refractivity contribution in [1.29, 1.82) is 0 Å². The molecule has 2 aromatic rings. The minimum Gasteiger partial charge on any atom is -0.493 e. The second-order valence-electron chi connectivity index (χ2n) is 10.5. The highest BCUT2D eigenvalue weighted by molar-refractivity contribution is 5.79. The Labute approximate surface area is 213 Å². The monoisotopic (exact) mass is 499 g/mol. The summed E-state index contributed by atoms with van der Waals surface area (Å²) in [6.45, 7) is 5.39. The van der Waals surface area contributed by atoms with Crippen LogP contribution in [0, 0.1) is 11.7 Å². The summed E-state index contributed by atoms with van der Waals surface area (Å²) in [5.41, 5.74) is 1.35. The molecule has 2 aliphatic rings. The maximum Gasteiger partial charge on any atom is 0.226 e. The summed E-state index contributed by atoms with van der Waals surface area (Å²) >= 11 is 0. The molecule has 36 heavy (non-hydrogen) atoms. The van der Waals surface area contributed by atoms with E-state index in [1.165, 1.54) is 12.1 Å². The standard InChI is InChI=1S/C29H38FNO5/c1-29(2)17-22(12-13-36-29)28(32)31(24-10-5-6-11-24)18-21-15-25(33-3)27(26(16-21)34-4)35-19-20-8-7-9-23(30)14-20/h7-9,14-16,22,24H,5-6,10-13,17-19H2,1-4H3/t22-/m0/s1. The summed E-state index contributed by atoms with van der Waals surface area (Å²) in [5.74, 6) is 1.36. The third-order valence-electron chi connectivity index (χ3n) is 7.24. The van der Waals surface area contributed by atoms with Gasteiger partial charge in [-0.3, -0.25) is 4.79 Å². The lowest BCUT2D eigenvalue weighted by atomic mass is 9.87. The van der Waals surface area contributed by atoms with E-state index in [1.54, 1.807) is 26.4 Å². The van der Waals surface area contributed by atoms with Crippen LogP contribution in [0.25, 0.3) is 0 Å². The van der Waals surface area contributed by atoms with Crippen molar-refractivity contribution in [3.05, 3.63) is 53.3 Å². The molecule has 0 spiro atoms. The van der Waals surface area contributed by atoms with Gasteiger partial charge in [-0.15, -0.1) is 0 Å². The Balaban J connectivity index is 1.57. The van der Waals surface area contributed by atoms with Crippen LogP contribution in [-0.4, -0.2) is 43.3 Å². The van der Waals surface area contributed by atoms with Crippen LogP contribution in [0.3, 0.4) is 0 Å². The van der Waals surface area contributed by atoms with Crippen molar-refractivity contribution in [2.45, 2.75) is 77.2 Å².